The number of rotatable bonds is 5. The number of ether oxygens (including phenoxy) is 2. The van der Waals surface area contributed by atoms with Crippen LogP contribution >= 0.6 is 0 Å². The largest absolute Gasteiger partial charge is 0.493 e. The van der Waals surface area contributed by atoms with Gasteiger partial charge in [0, 0.05) is 30.7 Å². The first-order valence-electron chi connectivity index (χ1n) is 9.44. The number of amides is 1. The number of anilines is 1. The number of methoxy groups -OCH3 is 2. The lowest BCUT2D eigenvalue weighted by atomic mass is 10.0. The molecule has 0 radical (unpaired) electrons. The number of hydrogen-bond donors (Lipinski definition) is 0. The quantitative estimate of drug-likeness (QED) is 0.611. The van der Waals surface area contributed by atoms with Gasteiger partial charge in [0.15, 0.2) is 11.5 Å². The summed E-state index contributed by atoms with van der Waals surface area (Å²) in [6.07, 6.45) is 7.83. The third-order valence-corrected chi connectivity index (χ3v) is 5.08. The molecule has 0 unspecified atom stereocenters. The van der Waals surface area contributed by atoms with E-state index >= 15 is 0 Å². The molecule has 0 saturated heterocycles. The normalized spacial score (nSPS) is 12.8. The van der Waals surface area contributed by atoms with E-state index in [9.17, 15) is 4.79 Å². The maximum absolute atomic E-state index is 12.8. The van der Waals surface area contributed by atoms with E-state index in [4.69, 9.17) is 9.47 Å². The van der Waals surface area contributed by atoms with Crippen molar-refractivity contribution in [3.05, 3.63) is 78.1 Å². The number of hydrogen-bond acceptors (Lipinski definition) is 4. The summed E-state index contributed by atoms with van der Waals surface area (Å²) < 4.78 is 10.6. The van der Waals surface area contributed by atoms with Crippen molar-refractivity contribution in [1.29, 1.82) is 0 Å². The number of benzene rings is 2. The van der Waals surface area contributed by atoms with E-state index in [2.05, 4.69) is 17.1 Å². The van der Waals surface area contributed by atoms with Gasteiger partial charge >= 0.3 is 0 Å². The molecule has 1 amide bonds. The Balaban J connectivity index is 1.52. The monoisotopic (exact) mass is 386 g/mol. The molecule has 0 atom stereocenters. The minimum atomic E-state index is -0.0322. The van der Waals surface area contributed by atoms with Gasteiger partial charge in [-0.3, -0.25) is 9.78 Å². The Bertz CT molecular complexity index is 1060. The minimum absolute atomic E-state index is 0.0322. The Kier molecular flexibility index (Phi) is 5.29. The van der Waals surface area contributed by atoms with Gasteiger partial charge < -0.3 is 14.4 Å². The summed E-state index contributed by atoms with van der Waals surface area (Å²) in [5.41, 5.74) is 5.31. The second-order valence-corrected chi connectivity index (χ2v) is 6.77. The van der Waals surface area contributed by atoms with Crippen LogP contribution < -0.4 is 14.4 Å². The van der Waals surface area contributed by atoms with Crippen molar-refractivity contribution in [3.63, 3.8) is 0 Å². The summed E-state index contributed by atoms with van der Waals surface area (Å²) in [6.45, 7) is 0.685. The third kappa shape index (κ3) is 3.85. The van der Waals surface area contributed by atoms with Crippen molar-refractivity contribution in [2.75, 3.05) is 25.7 Å². The molecule has 2 heterocycles. The van der Waals surface area contributed by atoms with Crippen molar-refractivity contribution in [2.45, 2.75) is 6.42 Å². The van der Waals surface area contributed by atoms with Crippen LogP contribution in [0.3, 0.4) is 0 Å². The van der Waals surface area contributed by atoms with Gasteiger partial charge in [0.1, 0.15) is 0 Å². The van der Waals surface area contributed by atoms with Gasteiger partial charge in [-0.15, -0.1) is 0 Å². The fourth-order valence-electron chi connectivity index (χ4n) is 3.57. The van der Waals surface area contributed by atoms with Gasteiger partial charge in [-0.2, -0.15) is 0 Å². The van der Waals surface area contributed by atoms with Crippen molar-refractivity contribution in [1.82, 2.24) is 4.98 Å². The van der Waals surface area contributed by atoms with Gasteiger partial charge in [-0.1, -0.05) is 12.1 Å². The van der Waals surface area contributed by atoms with Gasteiger partial charge in [0.25, 0.3) is 5.91 Å². The number of aromatic nitrogens is 1. The molecule has 146 valence electrons. The minimum Gasteiger partial charge on any atom is -0.493 e. The van der Waals surface area contributed by atoms with Gasteiger partial charge in [0.05, 0.1) is 14.2 Å². The Hall–Kier alpha value is -3.60. The number of carbonyl (C=O) groups is 1. The van der Waals surface area contributed by atoms with Crippen LogP contribution in [-0.2, 0) is 11.2 Å². The predicted molar refractivity (Wildman–Crippen MR) is 114 cm³/mol. The SMILES string of the molecule is COc1ccc(/C=C/C(=O)N2CCc3cc(-c4ccncc4)ccc32)cc1OC. The fourth-order valence-corrected chi connectivity index (χ4v) is 3.57. The fraction of sp³-hybridized carbons (Fsp3) is 0.167. The van der Waals surface area contributed by atoms with Crippen LogP contribution in [0.1, 0.15) is 11.1 Å². The zero-order valence-electron chi connectivity index (χ0n) is 16.5. The van der Waals surface area contributed by atoms with E-state index in [1.54, 1.807) is 38.8 Å². The van der Waals surface area contributed by atoms with Crippen molar-refractivity contribution >= 4 is 17.7 Å². The lowest BCUT2D eigenvalue weighted by Crippen LogP contribution is -2.26. The molecule has 1 aliphatic heterocycles. The van der Waals surface area contributed by atoms with Gasteiger partial charge in [-0.05, 0) is 71.1 Å². The van der Waals surface area contributed by atoms with E-state index in [0.717, 1.165) is 28.8 Å². The number of carbonyl (C=O) groups excluding carboxylic acids is 1. The maximum atomic E-state index is 12.8. The standard InChI is InChI=1S/C24H22N2O3/c1-28-22-7-3-17(15-23(22)29-2)4-8-24(27)26-14-11-20-16-19(5-6-21(20)26)18-9-12-25-13-10-18/h3-10,12-13,15-16H,11,14H2,1-2H3/b8-4+. The summed E-state index contributed by atoms with van der Waals surface area (Å²) in [6, 6.07) is 15.8. The molecule has 0 saturated carbocycles. The molecule has 5 heteroatoms. The Morgan fingerprint density at radius 2 is 1.76 bits per heavy atom. The van der Waals surface area contributed by atoms with E-state index < -0.39 is 0 Å². The topological polar surface area (TPSA) is 51.7 Å². The molecule has 0 bridgehead atoms. The molecule has 1 aromatic heterocycles. The van der Waals surface area contributed by atoms with Gasteiger partial charge in [0.2, 0.25) is 0 Å². The molecule has 0 fully saturated rings. The molecule has 1 aliphatic rings. The molecule has 5 nitrogen and oxygen atoms in total. The summed E-state index contributed by atoms with van der Waals surface area (Å²) in [7, 11) is 3.19. The summed E-state index contributed by atoms with van der Waals surface area (Å²) in [5.74, 6) is 1.27. The molecular weight excluding hydrogens is 364 g/mol. The highest BCUT2D eigenvalue weighted by Gasteiger charge is 2.23. The average Bonchev–Trinajstić information content (AvgIpc) is 3.21. The first-order chi connectivity index (χ1) is 14.2. The van der Waals surface area contributed by atoms with Gasteiger partial charge in [-0.25, -0.2) is 0 Å². The van der Waals surface area contributed by atoms with Crippen LogP contribution in [0.5, 0.6) is 11.5 Å². The molecule has 3 aromatic rings. The Morgan fingerprint density at radius 3 is 2.52 bits per heavy atom. The molecule has 29 heavy (non-hydrogen) atoms. The van der Waals surface area contributed by atoms with Crippen LogP contribution in [0, 0.1) is 0 Å². The van der Waals surface area contributed by atoms with Crippen molar-refractivity contribution in [2.24, 2.45) is 0 Å². The molecule has 0 N–H and O–H groups in total. The molecule has 0 spiro atoms. The number of nitrogens with zero attached hydrogens (tertiary/aromatic N) is 2. The number of fused-ring (bicyclic) bond motifs is 1. The van der Waals surface area contributed by atoms with E-state index in [-0.39, 0.29) is 5.91 Å². The van der Waals surface area contributed by atoms with E-state index in [1.165, 1.54) is 5.56 Å². The van der Waals surface area contributed by atoms with Crippen LogP contribution in [0.2, 0.25) is 0 Å². The Labute approximate surface area is 170 Å². The first kappa shape index (κ1) is 18.7. The van der Waals surface area contributed by atoms with Crippen LogP contribution in [0.25, 0.3) is 17.2 Å². The second-order valence-electron chi connectivity index (χ2n) is 6.77. The third-order valence-electron chi connectivity index (χ3n) is 5.08. The average molecular weight is 386 g/mol. The maximum Gasteiger partial charge on any atom is 0.251 e. The van der Waals surface area contributed by atoms with Crippen LogP contribution in [0.4, 0.5) is 5.69 Å². The Morgan fingerprint density at radius 1 is 0.966 bits per heavy atom. The predicted octanol–water partition coefficient (Wildman–Crippen LogP) is 4.37. The summed E-state index contributed by atoms with van der Waals surface area (Å²) in [4.78, 5) is 18.7. The highest BCUT2D eigenvalue weighted by Crippen LogP contribution is 2.33. The molecule has 4 rings (SSSR count). The van der Waals surface area contributed by atoms with Crippen molar-refractivity contribution in [3.8, 4) is 22.6 Å². The zero-order chi connectivity index (χ0) is 20.2. The highest BCUT2D eigenvalue weighted by molar-refractivity contribution is 6.05. The smallest absolute Gasteiger partial charge is 0.251 e. The lowest BCUT2D eigenvalue weighted by molar-refractivity contribution is -0.114. The van der Waals surface area contributed by atoms with Crippen LogP contribution in [-0.4, -0.2) is 31.7 Å². The highest BCUT2D eigenvalue weighted by atomic mass is 16.5. The summed E-state index contributed by atoms with van der Waals surface area (Å²) >= 11 is 0. The van der Waals surface area contributed by atoms with E-state index in [1.807, 2.05) is 41.3 Å². The van der Waals surface area contributed by atoms with Crippen molar-refractivity contribution < 1.29 is 14.3 Å². The summed E-state index contributed by atoms with van der Waals surface area (Å²) in [5, 5.41) is 0. The van der Waals surface area contributed by atoms with E-state index in [0.29, 0.717) is 18.0 Å². The first-order valence-corrected chi connectivity index (χ1v) is 9.44. The lowest BCUT2D eigenvalue weighted by Gasteiger charge is -2.15. The van der Waals surface area contributed by atoms with Crippen LogP contribution in [0.15, 0.2) is 67.0 Å². The molecular formula is C24H22N2O3. The molecule has 2 aromatic carbocycles. The molecule has 0 aliphatic carbocycles. The second kappa shape index (κ2) is 8.19. The number of pyridine rings is 1. The zero-order valence-corrected chi connectivity index (χ0v) is 16.5.